The number of anilines is 1. The van der Waals surface area contributed by atoms with Gasteiger partial charge in [-0.2, -0.15) is 13.2 Å². The number of halogens is 4. The Balaban J connectivity index is 1.90. The number of rotatable bonds is 2. The summed E-state index contributed by atoms with van der Waals surface area (Å²) in [4.78, 5) is 27.4. The molecule has 9 heteroatoms. The number of amides is 2. The van der Waals surface area contributed by atoms with Crippen LogP contribution in [0.2, 0.25) is 0 Å². The van der Waals surface area contributed by atoms with Crippen LogP contribution in [0.1, 0.15) is 32.4 Å². The van der Waals surface area contributed by atoms with Gasteiger partial charge in [0.25, 0.3) is 5.91 Å². The van der Waals surface area contributed by atoms with Crippen LogP contribution in [-0.2, 0) is 11.0 Å². The van der Waals surface area contributed by atoms with Crippen LogP contribution in [0.5, 0.6) is 0 Å². The summed E-state index contributed by atoms with van der Waals surface area (Å²) in [6, 6.07) is 10.6. The third-order valence-electron chi connectivity index (χ3n) is 4.74. The zero-order valence-electron chi connectivity index (χ0n) is 15.2. The molecule has 1 aromatic heterocycles. The number of nitrogens with one attached hydrogen (secondary N) is 1. The Morgan fingerprint density at radius 3 is 2.57 bits per heavy atom. The van der Waals surface area contributed by atoms with Crippen molar-refractivity contribution < 1.29 is 27.2 Å². The van der Waals surface area contributed by atoms with Gasteiger partial charge in [-0.3, -0.25) is 9.59 Å². The second-order valence-corrected chi connectivity index (χ2v) is 7.65. The van der Waals surface area contributed by atoms with Crippen LogP contribution < -0.4 is 5.32 Å². The fourth-order valence-corrected chi connectivity index (χ4v) is 4.35. The van der Waals surface area contributed by atoms with Gasteiger partial charge in [0, 0.05) is 16.1 Å². The molecule has 4 rings (SSSR count). The number of nitrogens with zero attached hydrogens (tertiary/aromatic N) is 1. The molecule has 0 fully saturated rings. The maximum absolute atomic E-state index is 14.0. The molecule has 0 saturated carbocycles. The number of hydrogen-bond acceptors (Lipinski definition) is 3. The molecular formula is C21H14F4N2O2S. The molecule has 1 unspecified atom stereocenters. The molecule has 2 heterocycles. The van der Waals surface area contributed by atoms with Gasteiger partial charge in [-0.15, -0.1) is 11.3 Å². The lowest BCUT2D eigenvalue weighted by molar-refractivity contribution is -0.138. The van der Waals surface area contributed by atoms with Crippen molar-refractivity contribution in [2.45, 2.75) is 12.2 Å². The first-order chi connectivity index (χ1) is 14.3. The van der Waals surface area contributed by atoms with Crippen LogP contribution in [0.3, 0.4) is 0 Å². The Hall–Kier alpha value is -3.20. The Morgan fingerprint density at radius 1 is 1.10 bits per heavy atom. The van der Waals surface area contributed by atoms with Crippen LogP contribution in [0.25, 0.3) is 0 Å². The van der Waals surface area contributed by atoms with E-state index in [9.17, 15) is 27.2 Å². The number of alkyl halides is 3. The smallest absolute Gasteiger partial charge is 0.324 e. The molecule has 2 amide bonds. The van der Waals surface area contributed by atoms with Crippen LogP contribution in [0.4, 0.5) is 23.2 Å². The fourth-order valence-electron chi connectivity index (χ4n) is 3.49. The molecule has 30 heavy (non-hydrogen) atoms. The van der Waals surface area contributed by atoms with Gasteiger partial charge in [0.15, 0.2) is 0 Å². The van der Waals surface area contributed by atoms with Crippen molar-refractivity contribution >= 4 is 28.8 Å². The lowest BCUT2D eigenvalue weighted by Crippen LogP contribution is -2.39. The monoisotopic (exact) mass is 434 g/mol. The van der Waals surface area contributed by atoms with Crippen LogP contribution in [-0.4, -0.2) is 23.3 Å². The van der Waals surface area contributed by atoms with E-state index in [4.69, 9.17) is 0 Å². The van der Waals surface area contributed by atoms with E-state index < -0.39 is 47.5 Å². The third kappa shape index (κ3) is 3.68. The highest BCUT2D eigenvalue weighted by molar-refractivity contribution is 7.10. The van der Waals surface area contributed by atoms with E-state index in [1.807, 2.05) is 0 Å². The summed E-state index contributed by atoms with van der Waals surface area (Å²) in [5, 5.41) is 4.34. The van der Waals surface area contributed by atoms with Gasteiger partial charge in [0.1, 0.15) is 12.4 Å². The first kappa shape index (κ1) is 20.1. The lowest BCUT2D eigenvalue weighted by atomic mass is 9.99. The zero-order chi connectivity index (χ0) is 21.5. The molecule has 0 saturated heterocycles. The topological polar surface area (TPSA) is 49.4 Å². The molecule has 0 aliphatic carbocycles. The molecule has 0 spiro atoms. The van der Waals surface area contributed by atoms with E-state index in [1.54, 1.807) is 17.5 Å². The maximum atomic E-state index is 14.0. The summed E-state index contributed by atoms with van der Waals surface area (Å²) in [6.07, 6.45) is -4.75. The van der Waals surface area contributed by atoms with Crippen LogP contribution in [0.15, 0.2) is 60.0 Å². The molecule has 0 radical (unpaired) electrons. The van der Waals surface area contributed by atoms with Gasteiger partial charge in [0.2, 0.25) is 5.91 Å². The van der Waals surface area contributed by atoms with Crippen molar-refractivity contribution in [3.8, 4) is 0 Å². The normalized spacial score (nSPS) is 16.6. The van der Waals surface area contributed by atoms with Gasteiger partial charge < -0.3 is 10.2 Å². The summed E-state index contributed by atoms with van der Waals surface area (Å²) in [5.74, 6) is -2.14. The molecule has 4 nitrogen and oxygen atoms in total. The summed E-state index contributed by atoms with van der Waals surface area (Å²) < 4.78 is 54.5. The summed E-state index contributed by atoms with van der Waals surface area (Å²) >= 11 is 1.26. The van der Waals surface area contributed by atoms with Crippen LogP contribution in [0, 0.1) is 5.82 Å². The second kappa shape index (κ2) is 7.56. The Morgan fingerprint density at radius 2 is 1.87 bits per heavy atom. The number of carbonyl (C=O) groups excluding carboxylic acids is 2. The highest BCUT2D eigenvalue weighted by Gasteiger charge is 2.39. The fraction of sp³-hybridized carbons (Fsp3) is 0.143. The molecule has 1 atom stereocenters. The molecule has 1 aliphatic rings. The first-order valence-corrected chi connectivity index (χ1v) is 9.73. The van der Waals surface area contributed by atoms with Crippen molar-refractivity contribution in [1.29, 1.82) is 0 Å². The van der Waals surface area contributed by atoms with Gasteiger partial charge >= 0.3 is 6.18 Å². The Labute approximate surface area is 172 Å². The lowest BCUT2D eigenvalue weighted by Gasteiger charge is -2.30. The highest BCUT2D eigenvalue weighted by Crippen LogP contribution is 2.40. The van der Waals surface area contributed by atoms with E-state index in [0.29, 0.717) is 16.1 Å². The van der Waals surface area contributed by atoms with Crippen molar-refractivity contribution in [2.75, 3.05) is 11.9 Å². The number of hydrogen-bond donors (Lipinski definition) is 1. The first-order valence-electron chi connectivity index (χ1n) is 8.85. The number of benzene rings is 2. The predicted molar refractivity (Wildman–Crippen MR) is 104 cm³/mol. The molecule has 1 aliphatic heterocycles. The molecule has 0 bridgehead atoms. The van der Waals surface area contributed by atoms with Crippen molar-refractivity contribution in [3.05, 3.63) is 87.4 Å². The number of thiophene rings is 1. The third-order valence-corrected chi connectivity index (χ3v) is 5.67. The van der Waals surface area contributed by atoms with E-state index in [-0.39, 0.29) is 0 Å². The summed E-state index contributed by atoms with van der Waals surface area (Å²) in [5.41, 5.74) is -1.07. The van der Waals surface area contributed by atoms with Gasteiger partial charge in [-0.25, -0.2) is 4.39 Å². The minimum atomic E-state index is -4.75. The average molecular weight is 434 g/mol. The quantitative estimate of drug-likeness (QED) is 0.572. The Kier molecular flexibility index (Phi) is 5.07. The maximum Gasteiger partial charge on any atom is 0.417 e. The van der Waals surface area contributed by atoms with E-state index in [2.05, 4.69) is 5.32 Å². The van der Waals surface area contributed by atoms with Crippen molar-refractivity contribution in [2.24, 2.45) is 0 Å². The van der Waals surface area contributed by atoms with Gasteiger partial charge in [0.05, 0.1) is 17.2 Å². The molecule has 2 aromatic carbocycles. The minimum Gasteiger partial charge on any atom is -0.324 e. The van der Waals surface area contributed by atoms with E-state index >= 15 is 0 Å². The average Bonchev–Trinajstić information content (AvgIpc) is 3.18. The number of carbonyl (C=O) groups is 2. The predicted octanol–water partition coefficient (Wildman–Crippen LogP) is 5.09. The minimum absolute atomic E-state index is 0.293. The summed E-state index contributed by atoms with van der Waals surface area (Å²) in [6.45, 7) is -0.482. The summed E-state index contributed by atoms with van der Waals surface area (Å²) in [7, 11) is 0. The van der Waals surface area contributed by atoms with E-state index in [1.165, 1.54) is 41.7 Å². The van der Waals surface area contributed by atoms with Crippen LogP contribution >= 0.6 is 11.3 Å². The largest absolute Gasteiger partial charge is 0.417 e. The molecule has 154 valence electrons. The van der Waals surface area contributed by atoms with E-state index in [0.717, 1.165) is 17.0 Å². The number of fused-ring (bicyclic) bond motifs is 1. The van der Waals surface area contributed by atoms with Gasteiger partial charge in [-0.05, 0) is 41.8 Å². The zero-order valence-corrected chi connectivity index (χ0v) is 16.1. The van der Waals surface area contributed by atoms with Gasteiger partial charge in [-0.1, -0.05) is 18.2 Å². The molecular weight excluding hydrogens is 420 g/mol. The Bertz CT molecular complexity index is 1110. The second-order valence-electron chi connectivity index (χ2n) is 6.67. The van der Waals surface area contributed by atoms with Crippen molar-refractivity contribution in [3.63, 3.8) is 0 Å². The standard InChI is InChI=1S/C21H14F4N2O2S/c22-12-7-8-16-14(10-12)19(17-6-3-9-30-17)27(11-18(28)26-16)20(29)13-4-1-2-5-15(13)21(23,24)25/h1-10,19H,11H2,(H,26,28). The molecule has 1 N–H and O–H groups in total. The molecule has 3 aromatic rings. The highest BCUT2D eigenvalue weighted by atomic mass is 32.1. The van der Waals surface area contributed by atoms with Crippen molar-refractivity contribution in [1.82, 2.24) is 4.90 Å². The SMILES string of the molecule is O=C1CN(C(=O)c2ccccc2C(F)(F)F)C(c2cccs2)c2cc(F)ccc2N1.